The Morgan fingerprint density at radius 1 is 0.897 bits per heavy atom. The Hall–Kier alpha value is -4.41. The lowest BCUT2D eigenvalue weighted by Crippen LogP contribution is -2.54. The SMILES string of the molecule is CC(C)C[C@H](NC(=O)OCC1c2ccccc2-c2ccccc21)C(=O)N[C@@H](CCC(N)=O)C(=O)NCC(=O)O. The molecule has 3 rings (SSSR count). The van der Waals surface area contributed by atoms with E-state index in [4.69, 9.17) is 15.6 Å². The lowest BCUT2D eigenvalue weighted by molar-refractivity contribution is -0.138. The second-order valence-electron chi connectivity index (χ2n) is 9.83. The van der Waals surface area contributed by atoms with E-state index in [1.807, 2.05) is 62.4 Å². The molecule has 0 aliphatic heterocycles. The van der Waals surface area contributed by atoms with Gasteiger partial charge in [0, 0.05) is 12.3 Å². The molecule has 1 aliphatic rings. The molecule has 0 unspecified atom stereocenters. The highest BCUT2D eigenvalue weighted by Crippen LogP contribution is 2.44. The molecular weight excluding hydrogens is 504 g/mol. The molecule has 0 heterocycles. The number of nitrogens with two attached hydrogens (primary N) is 1. The van der Waals surface area contributed by atoms with E-state index in [0.717, 1.165) is 22.3 Å². The lowest BCUT2D eigenvalue weighted by Gasteiger charge is -2.24. The number of primary amides is 1. The van der Waals surface area contributed by atoms with Gasteiger partial charge < -0.3 is 31.5 Å². The number of nitrogens with one attached hydrogen (secondary N) is 3. The van der Waals surface area contributed by atoms with Crippen molar-refractivity contribution in [1.29, 1.82) is 0 Å². The summed E-state index contributed by atoms with van der Waals surface area (Å²) in [7, 11) is 0. The zero-order valence-corrected chi connectivity index (χ0v) is 21.9. The molecule has 4 amide bonds. The van der Waals surface area contributed by atoms with Crippen molar-refractivity contribution >= 4 is 29.8 Å². The molecule has 0 bridgehead atoms. The largest absolute Gasteiger partial charge is 0.480 e. The fourth-order valence-corrected chi connectivity index (χ4v) is 4.60. The number of amides is 4. The summed E-state index contributed by atoms with van der Waals surface area (Å²) in [6, 6.07) is 13.6. The van der Waals surface area contributed by atoms with E-state index in [1.165, 1.54) is 0 Å². The number of alkyl carbamates (subject to hydrolysis) is 1. The Bertz CT molecular complexity index is 1180. The number of hydrogen-bond donors (Lipinski definition) is 5. The van der Waals surface area contributed by atoms with Crippen molar-refractivity contribution in [2.75, 3.05) is 13.2 Å². The van der Waals surface area contributed by atoms with Gasteiger partial charge in [0.05, 0.1) is 0 Å². The van der Waals surface area contributed by atoms with Crippen molar-refractivity contribution in [3.05, 3.63) is 59.7 Å². The van der Waals surface area contributed by atoms with Gasteiger partial charge in [-0.1, -0.05) is 62.4 Å². The fourth-order valence-electron chi connectivity index (χ4n) is 4.60. The number of carbonyl (C=O) groups excluding carboxylic acids is 4. The Morgan fingerprint density at radius 3 is 2.03 bits per heavy atom. The monoisotopic (exact) mass is 538 g/mol. The fraction of sp³-hybridized carbons (Fsp3) is 0.393. The maximum Gasteiger partial charge on any atom is 0.407 e. The van der Waals surface area contributed by atoms with Crippen LogP contribution in [0.15, 0.2) is 48.5 Å². The Labute approximate surface area is 226 Å². The number of benzene rings is 2. The first-order chi connectivity index (χ1) is 18.6. The summed E-state index contributed by atoms with van der Waals surface area (Å²) in [6.07, 6.45) is -0.886. The van der Waals surface area contributed by atoms with E-state index in [2.05, 4.69) is 16.0 Å². The van der Waals surface area contributed by atoms with Crippen molar-refractivity contribution in [2.45, 2.75) is 51.1 Å². The van der Waals surface area contributed by atoms with Crippen LogP contribution in [-0.4, -0.2) is 60.1 Å². The molecule has 1 aliphatic carbocycles. The summed E-state index contributed by atoms with van der Waals surface area (Å²) in [5.74, 6) is -3.56. The van der Waals surface area contributed by atoms with Crippen molar-refractivity contribution in [2.24, 2.45) is 11.7 Å². The van der Waals surface area contributed by atoms with Crippen LogP contribution in [0.1, 0.15) is 50.2 Å². The van der Waals surface area contributed by atoms with Gasteiger partial charge in [-0.25, -0.2) is 4.79 Å². The minimum Gasteiger partial charge on any atom is -0.480 e. The second kappa shape index (κ2) is 13.4. The molecule has 6 N–H and O–H groups in total. The van der Waals surface area contributed by atoms with Gasteiger partial charge in [-0.3, -0.25) is 19.2 Å². The summed E-state index contributed by atoms with van der Waals surface area (Å²) >= 11 is 0. The van der Waals surface area contributed by atoms with Gasteiger partial charge in [-0.2, -0.15) is 0 Å². The molecule has 0 saturated carbocycles. The van der Waals surface area contributed by atoms with Crippen LogP contribution < -0.4 is 21.7 Å². The number of carboxylic acid groups (broad SMARTS) is 1. The van der Waals surface area contributed by atoms with Gasteiger partial charge in [-0.15, -0.1) is 0 Å². The van der Waals surface area contributed by atoms with E-state index in [9.17, 15) is 24.0 Å². The molecule has 11 nitrogen and oxygen atoms in total. The molecule has 2 aromatic carbocycles. The number of hydrogen-bond acceptors (Lipinski definition) is 6. The Morgan fingerprint density at radius 2 is 1.49 bits per heavy atom. The predicted molar refractivity (Wildman–Crippen MR) is 142 cm³/mol. The van der Waals surface area contributed by atoms with E-state index >= 15 is 0 Å². The standard InChI is InChI=1S/C28H34N4O7/c1-16(2)13-23(27(37)31-22(11-12-24(29)33)26(36)30-14-25(34)35)32-28(38)39-15-21-19-9-5-3-7-17(19)18-8-4-6-10-20(18)21/h3-10,16,21-23H,11-15H2,1-2H3,(H2,29,33)(H,30,36)(H,31,37)(H,32,38)(H,34,35)/t22-,23-/m0/s1. The molecule has 0 saturated heterocycles. The van der Waals surface area contributed by atoms with Crippen molar-refractivity contribution in [3.63, 3.8) is 0 Å². The topological polar surface area (TPSA) is 177 Å². The molecule has 2 aromatic rings. The number of carbonyl (C=O) groups is 5. The summed E-state index contributed by atoms with van der Waals surface area (Å²) in [5, 5.41) is 16.1. The van der Waals surface area contributed by atoms with Crippen molar-refractivity contribution in [1.82, 2.24) is 16.0 Å². The highest BCUT2D eigenvalue weighted by atomic mass is 16.5. The summed E-state index contributed by atoms with van der Waals surface area (Å²) in [5.41, 5.74) is 9.45. The van der Waals surface area contributed by atoms with E-state index in [0.29, 0.717) is 0 Å². The predicted octanol–water partition coefficient (Wildman–Crippen LogP) is 1.89. The highest BCUT2D eigenvalue weighted by molar-refractivity contribution is 5.92. The molecule has 0 aromatic heterocycles. The maximum atomic E-state index is 13.1. The van der Waals surface area contributed by atoms with E-state index in [1.54, 1.807) is 0 Å². The number of fused-ring (bicyclic) bond motifs is 3. The summed E-state index contributed by atoms with van der Waals surface area (Å²) in [4.78, 5) is 60.4. The number of carboxylic acids is 1. The van der Waals surface area contributed by atoms with Gasteiger partial charge in [0.1, 0.15) is 25.2 Å². The van der Waals surface area contributed by atoms with Crippen LogP contribution in [0, 0.1) is 5.92 Å². The van der Waals surface area contributed by atoms with Gasteiger partial charge in [-0.05, 0) is 41.0 Å². The molecule has 11 heteroatoms. The van der Waals surface area contributed by atoms with Gasteiger partial charge in [0.2, 0.25) is 17.7 Å². The first-order valence-electron chi connectivity index (χ1n) is 12.8. The average molecular weight is 539 g/mol. The molecule has 208 valence electrons. The molecule has 0 spiro atoms. The first-order valence-corrected chi connectivity index (χ1v) is 12.8. The number of aliphatic carboxylic acids is 1. The van der Waals surface area contributed by atoms with Crippen molar-refractivity contribution in [3.8, 4) is 11.1 Å². The maximum absolute atomic E-state index is 13.1. The van der Waals surface area contributed by atoms with Crippen LogP contribution in [-0.2, 0) is 23.9 Å². The minimum absolute atomic E-state index is 0.000424. The van der Waals surface area contributed by atoms with E-state index in [-0.39, 0.29) is 37.7 Å². The van der Waals surface area contributed by atoms with Crippen LogP contribution in [0.3, 0.4) is 0 Å². The van der Waals surface area contributed by atoms with Crippen LogP contribution in [0.25, 0.3) is 11.1 Å². The second-order valence-corrected chi connectivity index (χ2v) is 9.83. The number of rotatable bonds is 13. The zero-order valence-electron chi connectivity index (χ0n) is 21.9. The normalized spacial score (nSPS) is 13.5. The van der Waals surface area contributed by atoms with E-state index < -0.39 is 48.4 Å². The van der Waals surface area contributed by atoms with Crippen LogP contribution in [0.5, 0.6) is 0 Å². The Kier molecular flexibility index (Phi) is 10.0. The Balaban J connectivity index is 1.66. The van der Waals surface area contributed by atoms with Gasteiger partial charge >= 0.3 is 12.1 Å². The molecule has 0 fully saturated rings. The molecular formula is C28H34N4O7. The zero-order chi connectivity index (χ0) is 28.5. The third-order valence-electron chi connectivity index (χ3n) is 6.39. The third kappa shape index (κ3) is 8.03. The lowest BCUT2D eigenvalue weighted by atomic mass is 9.98. The smallest absolute Gasteiger partial charge is 0.407 e. The molecule has 39 heavy (non-hydrogen) atoms. The quantitative estimate of drug-likeness (QED) is 0.258. The van der Waals surface area contributed by atoms with Crippen molar-refractivity contribution < 1.29 is 33.8 Å². The van der Waals surface area contributed by atoms with Gasteiger partial charge in [0.25, 0.3) is 0 Å². The highest BCUT2D eigenvalue weighted by Gasteiger charge is 2.31. The van der Waals surface area contributed by atoms with Crippen LogP contribution in [0.4, 0.5) is 4.79 Å². The van der Waals surface area contributed by atoms with Crippen LogP contribution in [0.2, 0.25) is 0 Å². The molecule has 2 atom stereocenters. The summed E-state index contributed by atoms with van der Waals surface area (Å²) < 4.78 is 5.56. The van der Waals surface area contributed by atoms with Gasteiger partial charge in [0.15, 0.2) is 0 Å². The van der Waals surface area contributed by atoms with Crippen LogP contribution >= 0.6 is 0 Å². The minimum atomic E-state index is -1.27. The summed E-state index contributed by atoms with van der Waals surface area (Å²) in [6.45, 7) is 3.14. The average Bonchev–Trinajstić information content (AvgIpc) is 3.21. The third-order valence-corrected chi connectivity index (χ3v) is 6.39. The number of ether oxygens (including phenoxy) is 1. The molecule has 0 radical (unpaired) electrons. The first kappa shape index (κ1) is 29.2.